The highest BCUT2D eigenvalue weighted by atomic mass is 16.5. The van der Waals surface area contributed by atoms with E-state index in [4.69, 9.17) is 4.74 Å². The minimum atomic E-state index is -0.332. The second-order valence-corrected chi connectivity index (χ2v) is 4.45. The highest BCUT2D eigenvalue weighted by molar-refractivity contribution is 5.77. The van der Waals surface area contributed by atoms with E-state index in [-0.39, 0.29) is 11.9 Å². The average molecular weight is 258 g/mol. The largest absolute Gasteiger partial charge is 0.468 e. The number of carbonyl (C=O) groups excluding carboxylic acids is 1. The number of esters is 1. The molecule has 0 amide bonds. The van der Waals surface area contributed by atoms with Crippen LogP contribution in [0.25, 0.3) is 11.3 Å². The molecule has 0 radical (unpaired) electrons. The van der Waals surface area contributed by atoms with Crippen LogP contribution in [0.3, 0.4) is 0 Å². The van der Waals surface area contributed by atoms with E-state index in [0.717, 1.165) is 17.0 Å². The van der Waals surface area contributed by atoms with E-state index >= 15 is 0 Å². The van der Waals surface area contributed by atoms with E-state index in [1.54, 1.807) is 0 Å². The number of imidazole rings is 1. The standard InChI is InChI=1S/C15H18N2O2/c1-4-12(15(18)19-3)14-16-10(2)13(17-14)11-8-6-5-7-9-11/h5-9,12H,4H2,1-3H3,(H,16,17). The predicted octanol–water partition coefficient (Wildman–Crippen LogP) is 3.05. The maximum atomic E-state index is 11.7. The van der Waals surface area contributed by atoms with E-state index in [9.17, 15) is 4.79 Å². The Morgan fingerprint density at radius 3 is 2.63 bits per heavy atom. The van der Waals surface area contributed by atoms with Gasteiger partial charge in [-0.05, 0) is 13.3 Å². The second kappa shape index (κ2) is 5.69. The van der Waals surface area contributed by atoms with Gasteiger partial charge in [0, 0.05) is 11.3 Å². The zero-order valence-electron chi connectivity index (χ0n) is 11.4. The lowest BCUT2D eigenvalue weighted by molar-refractivity contribution is -0.142. The molecule has 1 atom stereocenters. The van der Waals surface area contributed by atoms with Gasteiger partial charge >= 0.3 is 5.97 Å². The number of methoxy groups -OCH3 is 1. The first-order valence-electron chi connectivity index (χ1n) is 6.37. The Morgan fingerprint density at radius 2 is 2.05 bits per heavy atom. The van der Waals surface area contributed by atoms with Crippen LogP contribution in [0.5, 0.6) is 0 Å². The van der Waals surface area contributed by atoms with Crippen LogP contribution >= 0.6 is 0 Å². The molecule has 0 bridgehead atoms. The number of hydrogen-bond acceptors (Lipinski definition) is 3. The van der Waals surface area contributed by atoms with Crippen LogP contribution in [-0.4, -0.2) is 23.0 Å². The van der Waals surface area contributed by atoms with Crippen LogP contribution in [0, 0.1) is 6.92 Å². The fourth-order valence-corrected chi connectivity index (χ4v) is 2.14. The molecule has 1 aromatic carbocycles. The molecule has 4 heteroatoms. The van der Waals surface area contributed by atoms with Gasteiger partial charge in [0.2, 0.25) is 0 Å². The van der Waals surface area contributed by atoms with Crippen LogP contribution in [-0.2, 0) is 9.53 Å². The summed E-state index contributed by atoms with van der Waals surface area (Å²) in [5.74, 6) is 0.0859. The molecule has 100 valence electrons. The third kappa shape index (κ3) is 2.67. The van der Waals surface area contributed by atoms with Gasteiger partial charge in [-0.15, -0.1) is 0 Å². The van der Waals surface area contributed by atoms with Crippen LogP contribution in [0.1, 0.15) is 30.8 Å². The van der Waals surface area contributed by atoms with Crippen molar-refractivity contribution < 1.29 is 9.53 Å². The maximum absolute atomic E-state index is 11.7. The summed E-state index contributed by atoms with van der Waals surface area (Å²) in [6.07, 6.45) is 0.661. The van der Waals surface area contributed by atoms with Crippen molar-refractivity contribution in [1.82, 2.24) is 9.97 Å². The van der Waals surface area contributed by atoms with Crippen molar-refractivity contribution in [3.8, 4) is 11.3 Å². The Balaban J connectivity index is 2.38. The lowest BCUT2D eigenvalue weighted by atomic mass is 10.1. The van der Waals surface area contributed by atoms with Gasteiger partial charge in [0.1, 0.15) is 11.7 Å². The molecule has 2 aromatic rings. The van der Waals surface area contributed by atoms with E-state index in [1.807, 2.05) is 44.2 Å². The van der Waals surface area contributed by atoms with Crippen molar-refractivity contribution in [2.24, 2.45) is 0 Å². The molecule has 1 aromatic heterocycles. The summed E-state index contributed by atoms with van der Waals surface area (Å²) < 4.78 is 4.81. The fraction of sp³-hybridized carbons (Fsp3) is 0.333. The quantitative estimate of drug-likeness (QED) is 0.857. The molecule has 0 aliphatic carbocycles. The zero-order valence-corrected chi connectivity index (χ0v) is 11.4. The monoisotopic (exact) mass is 258 g/mol. The minimum Gasteiger partial charge on any atom is -0.468 e. The smallest absolute Gasteiger partial charge is 0.316 e. The highest BCUT2D eigenvalue weighted by Gasteiger charge is 2.23. The molecular formula is C15H18N2O2. The molecule has 0 aliphatic rings. The van der Waals surface area contributed by atoms with Gasteiger partial charge in [0.05, 0.1) is 12.8 Å². The maximum Gasteiger partial charge on any atom is 0.316 e. The topological polar surface area (TPSA) is 55.0 Å². The van der Waals surface area contributed by atoms with Gasteiger partial charge in [-0.25, -0.2) is 4.98 Å². The molecule has 0 spiro atoms. The zero-order chi connectivity index (χ0) is 13.8. The first kappa shape index (κ1) is 13.3. The van der Waals surface area contributed by atoms with Crippen molar-refractivity contribution in [2.45, 2.75) is 26.2 Å². The molecule has 1 N–H and O–H groups in total. The number of nitrogens with one attached hydrogen (secondary N) is 1. The summed E-state index contributed by atoms with van der Waals surface area (Å²) in [5.41, 5.74) is 2.89. The normalized spacial score (nSPS) is 12.2. The number of ether oxygens (including phenoxy) is 1. The van der Waals surface area contributed by atoms with Gasteiger partial charge in [-0.3, -0.25) is 4.79 Å². The molecule has 0 saturated heterocycles. The fourth-order valence-electron chi connectivity index (χ4n) is 2.14. The average Bonchev–Trinajstić information content (AvgIpc) is 2.82. The van der Waals surface area contributed by atoms with E-state index in [2.05, 4.69) is 9.97 Å². The Morgan fingerprint density at radius 1 is 1.37 bits per heavy atom. The Labute approximate surface area is 112 Å². The molecule has 1 heterocycles. The number of hydrogen-bond donors (Lipinski definition) is 1. The molecule has 19 heavy (non-hydrogen) atoms. The van der Waals surface area contributed by atoms with Crippen LogP contribution in [0.15, 0.2) is 30.3 Å². The first-order valence-corrected chi connectivity index (χ1v) is 6.37. The number of carbonyl (C=O) groups is 1. The minimum absolute atomic E-state index is 0.254. The third-order valence-corrected chi connectivity index (χ3v) is 3.17. The Hall–Kier alpha value is -2.10. The van der Waals surface area contributed by atoms with Crippen molar-refractivity contribution in [1.29, 1.82) is 0 Å². The third-order valence-electron chi connectivity index (χ3n) is 3.17. The number of H-pyrrole nitrogens is 1. The van der Waals surface area contributed by atoms with E-state index in [0.29, 0.717) is 12.2 Å². The molecular weight excluding hydrogens is 240 g/mol. The van der Waals surface area contributed by atoms with Crippen LogP contribution in [0.2, 0.25) is 0 Å². The number of rotatable bonds is 4. The molecule has 0 aliphatic heterocycles. The molecule has 4 nitrogen and oxygen atoms in total. The van der Waals surface area contributed by atoms with Gasteiger partial charge < -0.3 is 9.72 Å². The number of aromatic amines is 1. The van der Waals surface area contributed by atoms with Crippen molar-refractivity contribution in [2.75, 3.05) is 7.11 Å². The summed E-state index contributed by atoms with van der Waals surface area (Å²) in [5, 5.41) is 0. The molecule has 1 unspecified atom stereocenters. The van der Waals surface area contributed by atoms with Gasteiger partial charge in [-0.1, -0.05) is 37.3 Å². The van der Waals surface area contributed by atoms with Crippen LogP contribution < -0.4 is 0 Å². The van der Waals surface area contributed by atoms with Gasteiger partial charge in [0.15, 0.2) is 0 Å². The predicted molar refractivity (Wildman–Crippen MR) is 73.8 cm³/mol. The molecule has 0 saturated carbocycles. The molecule has 0 fully saturated rings. The van der Waals surface area contributed by atoms with Crippen molar-refractivity contribution in [3.63, 3.8) is 0 Å². The summed E-state index contributed by atoms with van der Waals surface area (Å²) in [6, 6.07) is 9.93. The highest BCUT2D eigenvalue weighted by Crippen LogP contribution is 2.25. The number of aryl methyl sites for hydroxylation is 1. The Kier molecular flexibility index (Phi) is 4.00. The summed E-state index contributed by atoms with van der Waals surface area (Å²) in [7, 11) is 1.40. The van der Waals surface area contributed by atoms with E-state index < -0.39 is 0 Å². The van der Waals surface area contributed by atoms with Gasteiger partial charge in [0.25, 0.3) is 0 Å². The summed E-state index contributed by atoms with van der Waals surface area (Å²) in [4.78, 5) is 19.5. The van der Waals surface area contributed by atoms with Gasteiger partial charge in [-0.2, -0.15) is 0 Å². The lowest BCUT2D eigenvalue weighted by Gasteiger charge is -2.08. The molecule has 2 rings (SSSR count). The second-order valence-electron chi connectivity index (χ2n) is 4.45. The Bertz CT molecular complexity index is 561. The number of aromatic nitrogens is 2. The number of nitrogens with zero attached hydrogens (tertiary/aromatic N) is 1. The SMILES string of the molecule is CCC(C(=O)OC)c1nc(-c2ccccc2)c(C)[nH]1. The summed E-state index contributed by atoms with van der Waals surface area (Å²) >= 11 is 0. The number of benzene rings is 1. The lowest BCUT2D eigenvalue weighted by Crippen LogP contribution is -2.14. The van der Waals surface area contributed by atoms with Crippen LogP contribution in [0.4, 0.5) is 0 Å². The first-order chi connectivity index (χ1) is 9.17. The van der Waals surface area contributed by atoms with Crippen molar-refractivity contribution in [3.05, 3.63) is 41.9 Å². The summed E-state index contributed by atoms with van der Waals surface area (Å²) in [6.45, 7) is 3.91. The van der Waals surface area contributed by atoms with E-state index in [1.165, 1.54) is 7.11 Å². The van der Waals surface area contributed by atoms with Crippen molar-refractivity contribution >= 4 is 5.97 Å².